The van der Waals surface area contributed by atoms with Crippen molar-refractivity contribution in [3.8, 4) is 6.07 Å². The minimum atomic E-state index is -1.22. The fourth-order valence-electron chi connectivity index (χ4n) is 3.36. The molecular weight excluding hydrogens is 485 g/mol. The quantitative estimate of drug-likeness (QED) is 0.446. The van der Waals surface area contributed by atoms with E-state index in [-0.39, 0.29) is 22.3 Å². The Balaban J connectivity index is 1.87. The number of rotatable bonds is 6. The Labute approximate surface area is 205 Å². The number of carbonyl (C=O) groups excluding carboxylic acids is 3. The van der Waals surface area contributed by atoms with E-state index in [0.29, 0.717) is 21.3 Å². The number of benzene rings is 2. The summed E-state index contributed by atoms with van der Waals surface area (Å²) in [5.41, 5.74) is 2.26. The van der Waals surface area contributed by atoms with Gasteiger partial charge in [0.25, 0.3) is 0 Å². The highest BCUT2D eigenvalue weighted by Gasteiger charge is 2.44. The first-order valence-corrected chi connectivity index (χ1v) is 11.5. The molecule has 0 bridgehead atoms. The van der Waals surface area contributed by atoms with Crippen LogP contribution in [0, 0.1) is 24.2 Å². The third kappa shape index (κ3) is 5.69. The number of allylic oxidation sites excluding steroid dienone is 1. The fourth-order valence-corrected chi connectivity index (χ4v) is 4.51. The van der Waals surface area contributed by atoms with Crippen molar-refractivity contribution < 1.29 is 19.1 Å². The molecule has 3 rings (SSSR count). The molecule has 0 spiro atoms. The predicted octanol–water partition coefficient (Wildman–Crippen LogP) is 4.41. The molecule has 2 amide bonds. The van der Waals surface area contributed by atoms with E-state index in [9.17, 15) is 19.6 Å². The molecule has 2 aromatic carbocycles. The fraction of sp³-hybridized carbons (Fsp3) is 0.217. The summed E-state index contributed by atoms with van der Waals surface area (Å²) in [6, 6.07) is 14.0. The maximum atomic E-state index is 12.8. The van der Waals surface area contributed by atoms with Gasteiger partial charge in [0.2, 0.25) is 11.8 Å². The van der Waals surface area contributed by atoms with Crippen LogP contribution in [0.5, 0.6) is 0 Å². The largest absolute Gasteiger partial charge is 0.468 e. The Morgan fingerprint density at radius 3 is 2.48 bits per heavy atom. The molecular formula is C23H19Cl2N3O4S. The zero-order valence-corrected chi connectivity index (χ0v) is 20.0. The summed E-state index contributed by atoms with van der Waals surface area (Å²) < 4.78 is 4.82. The van der Waals surface area contributed by atoms with Gasteiger partial charge in [-0.3, -0.25) is 14.4 Å². The molecule has 1 aliphatic rings. The lowest BCUT2D eigenvalue weighted by Gasteiger charge is -2.31. The third-order valence-electron chi connectivity index (χ3n) is 4.97. The number of aryl methyl sites for hydroxylation is 1. The number of methoxy groups -OCH3 is 1. The van der Waals surface area contributed by atoms with Gasteiger partial charge >= 0.3 is 5.97 Å². The van der Waals surface area contributed by atoms with Crippen molar-refractivity contribution in [1.29, 1.82) is 5.26 Å². The number of hydrogen-bond acceptors (Lipinski definition) is 6. The molecule has 0 aliphatic carbocycles. The summed E-state index contributed by atoms with van der Waals surface area (Å²) in [5, 5.41) is 16.1. The monoisotopic (exact) mass is 503 g/mol. The normalized spacial score (nSPS) is 17.7. The van der Waals surface area contributed by atoms with Gasteiger partial charge < -0.3 is 15.4 Å². The molecule has 2 aromatic rings. The van der Waals surface area contributed by atoms with Gasteiger partial charge in [0.15, 0.2) is 0 Å². The second-order valence-electron chi connectivity index (χ2n) is 7.20. The second-order valence-corrected chi connectivity index (χ2v) is 9.00. The van der Waals surface area contributed by atoms with Crippen LogP contribution in [0.1, 0.15) is 17.0 Å². The molecule has 0 radical (unpaired) electrons. The zero-order valence-electron chi connectivity index (χ0n) is 17.6. The van der Waals surface area contributed by atoms with Crippen LogP contribution >= 0.6 is 35.0 Å². The molecule has 0 fully saturated rings. The number of anilines is 1. The molecule has 1 heterocycles. The van der Waals surface area contributed by atoms with Crippen LogP contribution in [0.2, 0.25) is 10.0 Å². The summed E-state index contributed by atoms with van der Waals surface area (Å²) in [5.74, 6) is -3.87. The average Bonchev–Trinajstić information content (AvgIpc) is 2.79. The smallest absolute Gasteiger partial charge is 0.319 e. The molecule has 0 saturated carbocycles. The third-order valence-corrected chi connectivity index (χ3v) is 6.73. The zero-order chi connectivity index (χ0) is 24.1. The Morgan fingerprint density at radius 2 is 1.88 bits per heavy atom. The minimum absolute atomic E-state index is 0.0927. The van der Waals surface area contributed by atoms with E-state index in [4.69, 9.17) is 27.9 Å². The molecule has 170 valence electrons. The number of thioether (sulfide) groups is 1. The SMILES string of the molecule is COC(=O)C1C(=O)NC(SCC(=O)Nc2ccc(Cl)c(Cl)c2)=C(C#N)C1c1ccc(C)cc1. The molecule has 1 aliphatic heterocycles. The van der Waals surface area contributed by atoms with Gasteiger partial charge in [-0.05, 0) is 30.7 Å². The Hall–Kier alpha value is -2.99. The molecule has 0 saturated heterocycles. The average molecular weight is 504 g/mol. The maximum Gasteiger partial charge on any atom is 0.319 e. The number of hydrogen-bond donors (Lipinski definition) is 2. The van der Waals surface area contributed by atoms with E-state index in [1.54, 1.807) is 24.3 Å². The van der Waals surface area contributed by atoms with Gasteiger partial charge in [0, 0.05) is 11.6 Å². The van der Waals surface area contributed by atoms with E-state index >= 15 is 0 Å². The van der Waals surface area contributed by atoms with Crippen molar-refractivity contribution in [2.45, 2.75) is 12.8 Å². The topological polar surface area (TPSA) is 108 Å². The second kappa shape index (κ2) is 10.8. The summed E-state index contributed by atoms with van der Waals surface area (Å²) in [7, 11) is 1.19. The number of ether oxygens (including phenoxy) is 1. The summed E-state index contributed by atoms with van der Waals surface area (Å²) in [6.07, 6.45) is 0. The first kappa shape index (κ1) is 24.6. The molecule has 2 N–H and O–H groups in total. The number of nitrogens with one attached hydrogen (secondary N) is 2. The predicted molar refractivity (Wildman–Crippen MR) is 128 cm³/mol. The number of nitrogens with zero attached hydrogens (tertiary/aromatic N) is 1. The van der Waals surface area contributed by atoms with Crippen LogP contribution in [-0.4, -0.2) is 30.6 Å². The van der Waals surface area contributed by atoms with Gasteiger partial charge in [-0.25, -0.2) is 0 Å². The van der Waals surface area contributed by atoms with Crippen LogP contribution in [0.4, 0.5) is 5.69 Å². The molecule has 2 unspecified atom stereocenters. The van der Waals surface area contributed by atoms with Crippen molar-refractivity contribution >= 4 is 58.4 Å². The number of carbonyl (C=O) groups is 3. The highest BCUT2D eigenvalue weighted by Crippen LogP contribution is 2.40. The van der Waals surface area contributed by atoms with Crippen LogP contribution in [0.15, 0.2) is 53.1 Å². The first-order chi connectivity index (χ1) is 15.7. The number of halogens is 2. The minimum Gasteiger partial charge on any atom is -0.468 e. The van der Waals surface area contributed by atoms with Crippen molar-refractivity contribution in [3.05, 3.63) is 74.2 Å². The lowest BCUT2D eigenvalue weighted by Crippen LogP contribution is -2.44. The Bertz CT molecular complexity index is 1180. The van der Waals surface area contributed by atoms with Crippen LogP contribution in [0.3, 0.4) is 0 Å². The molecule has 2 atom stereocenters. The number of esters is 1. The van der Waals surface area contributed by atoms with E-state index in [1.807, 2.05) is 19.1 Å². The maximum absolute atomic E-state index is 12.8. The summed E-state index contributed by atoms with van der Waals surface area (Å²) in [4.78, 5) is 37.7. The van der Waals surface area contributed by atoms with Gasteiger partial charge in [0.05, 0.1) is 39.6 Å². The Morgan fingerprint density at radius 1 is 1.18 bits per heavy atom. The van der Waals surface area contributed by atoms with Crippen LogP contribution in [0.25, 0.3) is 0 Å². The highest BCUT2D eigenvalue weighted by molar-refractivity contribution is 8.03. The number of nitriles is 1. The first-order valence-electron chi connectivity index (χ1n) is 9.72. The van der Waals surface area contributed by atoms with E-state index in [2.05, 4.69) is 16.7 Å². The van der Waals surface area contributed by atoms with Gasteiger partial charge in [-0.2, -0.15) is 5.26 Å². The Kier molecular flexibility index (Phi) is 8.03. The molecule has 10 heteroatoms. The standard InChI is InChI=1S/C23H19Cl2N3O4S/c1-12-3-5-13(6-4-12)19-15(10-26)22(28-21(30)20(19)23(31)32-2)33-11-18(29)27-14-7-8-16(24)17(25)9-14/h3-9,19-20H,11H2,1-2H3,(H,27,29)(H,28,30). The number of amides is 2. The summed E-state index contributed by atoms with van der Waals surface area (Å²) in [6.45, 7) is 1.91. The van der Waals surface area contributed by atoms with Gasteiger partial charge in [0.1, 0.15) is 5.92 Å². The molecule has 33 heavy (non-hydrogen) atoms. The van der Waals surface area contributed by atoms with Crippen LogP contribution < -0.4 is 10.6 Å². The van der Waals surface area contributed by atoms with Crippen molar-refractivity contribution in [2.75, 3.05) is 18.2 Å². The van der Waals surface area contributed by atoms with Gasteiger partial charge in [-0.15, -0.1) is 0 Å². The molecule has 7 nitrogen and oxygen atoms in total. The summed E-state index contributed by atoms with van der Waals surface area (Å²) >= 11 is 12.8. The van der Waals surface area contributed by atoms with Crippen molar-refractivity contribution in [3.63, 3.8) is 0 Å². The molecule has 0 aromatic heterocycles. The lowest BCUT2D eigenvalue weighted by atomic mass is 9.78. The van der Waals surface area contributed by atoms with Crippen LogP contribution in [-0.2, 0) is 19.1 Å². The van der Waals surface area contributed by atoms with Crippen molar-refractivity contribution in [2.24, 2.45) is 5.92 Å². The van der Waals surface area contributed by atoms with E-state index < -0.39 is 23.7 Å². The van der Waals surface area contributed by atoms with Crippen molar-refractivity contribution in [1.82, 2.24) is 5.32 Å². The van der Waals surface area contributed by atoms with E-state index in [1.165, 1.54) is 13.2 Å². The highest BCUT2D eigenvalue weighted by atomic mass is 35.5. The van der Waals surface area contributed by atoms with Gasteiger partial charge in [-0.1, -0.05) is 64.8 Å². The van der Waals surface area contributed by atoms with E-state index in [0.717, 1.165) is 17.3 Å². The lowest BCUT2D eigenvalue weighted by molar-refractivity contribution is -0.150.